The van der Waals surface area contributed by atoms with Gasteiger partial charge in [0.1, 0.15) is 5.76 Å². The third-order valence-electron chi connectivity index (χ3n) is 2.16. The fraction of sp³-hybridized carbons (Fsp3) is 0.400. The molecule has 0 atom stereocenters. The van der Waals surface area contributed by atoms with E-state index in [1.807, 2.05) is 18.5 Å². The zero-order valence-electron chi connectivity index (χ0n) is 8.56. The highest BCUT2D eigenvalue weighted by Crippen LogP contribution is 2.11. The maximum Gasteiger partial charge on any atom is 0.150 e. The summed E-state index contributed by atoms with van der Waals surface area (Å²) in [5, 5.41) is 6.94. The standard InChI is InChI=1S/C10H13N3OS/c1-8-10(15-7-12-8)3-4-11-6-9-2-5-13-14-9/h2,5,7,11H,3-4,6H2,1H3. The Morgan fingerprint density at radius 1 is 1.53 bits per heavy atom. The van der Waals surface area contributed by atoms with Crippen LogP contribution >= 0.6 is 11.3 Å². The van der Waals surface area contributed by atoms with Crippen LogP contribution in [0.1, 0.15) is 16.3 Å². The number of hydrogen-bond donors (Lipinski definition) is 1. The van der Waals surface area contributed by atoms with Gasteiger partial charge in [0.05, 0.1) is 23.9 Å². The SMILES string of the molecule is Cc1ncsc1CCNCc1ccno1. The van der Waals surface area contributed by atoms with Gasteiger partial charge in [0.15, 0.2) is 0 Å². The summed E-state index contributed by atoms with van der Waals surface area (Å²) in [6.07, 6.45) is 2.68. The van der Waals surface area contributed by atoms with E-state index >= 15 is 0 Å². The summed E-state index contributed by atoms with van der Waals surface area (Å²) in [4.78, 5) is 5.55. The van der Waals surface area contributed by atoms with Crippen LogP contribution in [0.2, 0.25) is 0 Å². The summed E-state index contributed by atoms with van der Waals surface area (Å²) in [5.74, 6) is 0.871. The Morgan fingerprint density at radius 3 is 3.13 bits per heavy atom. The molecule has 2 aromatic rings. The van der Waals surface area contributed by atoms with Gasteiger partial charge in [-0.05, 0) is 13.3 Å². The van der Waals surface area contributed by atoms with Crippen molar-refractivity contribution in [1.82, 2.24) is 15.5 Å². The molecule has 1 N–H and O–H groups in total. The Balaban J connectivity index is 1.70. The minimum Gasteiger partial charge on any atom is -0.360 e. The third-order valence-corrected chi connectivity index (χ3v) is 3.16. The maximum absolute atomic E-state index is 4.97. The first-order valence-electron chi connectivity index (χ1n) is 4.85. The largest absolute Gasteiger partial charge is 0.360 e. The first-order chi connectivity index (χ1) is 7.36. The molecule has 0 bridgehead atoms. The van der Waals surface area contributed by atoms with Crippen LogP contribution in [0.4, 0.5) is 0 Å². The molecule has 0 aliphatic rings. The average molecular weight is 223 g/mol. The van der Waals surface area contributed by atoms with Gasteiger partial charge in [-0.15, -0.1) is 11.3 Å². The lowest BCUT2D eigenvalue weighted by Gasteiger charge is -2.00. The highest BCUT2D eigenvalue weighted by molar-refractivity contribution is 7.09. The molecule has 0 radical (unpaired) electrons. The van der Waals surface area contributed by atoms with Gasteiger partial charge in [0.2, 0.25) is 0 Å². The average Bonchev–Trinajstić information content (AvgIpc) is 2.85. The number of hydrogen-bond acceptors (Lipinski definition) is 5. The van der Waals surface area contributed by atoms with Gasteiger partial charge in [-0.3, -0.25) is 0 Å². The van der Waals surface area contributed by atoms with Crippen molar-refractivity contribution in [2.75, 3.05) is 6.54 Å². The van der Waals surface area contributed by atoms with E-state index in [-0.39, 0.29) is 0 Å². The van der Waals surface area contributed by atoms with Gasteiger partial charge in [-0.2, -0.15) is 0 Å². The second kappa shape index (κ2) is 5.04. The number of thiazole rings is 1. The van der Waals surface area contributed by atoms with Crippen molar-refractivity contribution in [3.05, 3.63) is 34.1 Å². The van der Waals surface area contributed by atoms with Crippen LogP contribution in [-0.2, 0) is 13.0 Å². The fourth-order valence-electron chi connectivity index (χ4n) is 1.31. The molecule has 5 heteroatoms. The molecule has 0 unspecified atom stereocenters. The molecular formula is C10H13N3OS. The molecule has 0 saturated carbocycles. The Hall–Kier alpha value is -1.20. The number of rotatable bonds is 5. The van der Waals surface area contributed by atoms with E-state index in [1.54, 1.807) is 17.5 Å². The normalized spacial score (nSPS) is 10.7. The predicted octanol–water partition coefficient (Wildman–Crippen LogP) is 1.77. The Labute approximate surface area is 92.3 Å². The molecule has 15 heavy (non-hydrogen) atoms. The van der Waals surface area contributed by atoms with Gasteiger partial charge < -0.3 is 9.84 Å². The zero-order chi connectivity index (χ0) is 10.5. The van der Waals surface area contributed by atoms with Crippen molar-refractivity contribution < 1.29 is 4.52 Å². The van der Waals surface area contributed by atoms with Crippen LogP contribution in [0.25, 0.3) is 0 Å². The number of aryl methyl sites for hydroxylation is 1. The van der Waals surface area contributed by atoms with E-state index in [0.717, 1.165) is 31.0 Å². The maximum atomic E-state index is 4.97. The van der Waals surface area contributed by atoms with Gasteiger partial charge in [0, 0.05) is 17.5 Å². The first-order valence-corrected chi connectivity index (χ1v) is 5.73. The summed E-state index contributed by atoms with van der Waals surface area (Å²) in [5.41, 5.74) is 3.03. The second-order valence-electron chi connectivity index (χ2n) is 3.27. The lowest BCUT2D eigenvalue weighted by molar-refractivity contribution is 0.373. The van der Waals surface area contributed by atoms with Crippen LogP contribution in [0.3, 0.4) is 0 Å². The molecule has 0 spiro atoms. The highest BCUT2D eigenvalue weighted by atomic mass is 32.1. The monoisotopic (exact) mass is 223 g/mol. The third kappa shape index (κ3) is 2.87. The van der Waals surface area contributed by atoms with Gasteiger partial charge in [-0.25, -0.2) is 4.98 Å². The lowest BCUT2D eigenvalue weighted by Crippen LogP contribution is -2.16. The van der Waals surface area contributed by atoms with Crippen molar-refractivity contribution in [2.24, 2.45) is 0 Å². The van der Waals surface area contributed by atoms with Crippen LogP contribution in [0, 0.1) is 6.92 Å². The summed E-state index contributed by atoms with van der Waals surface area (Å²) in [6.45, 7) is 3.71. The molecular weight excluding hydrogens is 210 g/mol. The molecule has 0 saturated heterocycles. The minimum atomic E-state index is 0.734. The summed E-state index contributed by atoms with van der Waals surface area (Å²) in [7, 11) is 0. The Kier molecular flexibility index (Phi) is 3.47. The van der Waals surface area contributed by atoms with E-state index in [0.29, 0.717) is 0 Å². The van der Waals surface area contributed by atoms with Crippen molar-refractivity contribution in [3.8, 4) is 0 Å². The first kappa shape index (κ1) is 10.3. The molecule has 2 rings (SSSR count). The summed E-state index contributed by atoms with van der Waals surface area (Å²) in [6, 6.07) is 1.87. The number of nitrogens with one attached hydrogen (secondary N) is 1. The molecule has 0 fully saturated rings. The molecule has 0 aromatic carbocycles. The predicted molar refractivity (Wildman–Crippen MR) is 58.8 cm³/mol. The van der Waals surface area contributed by atoms with Gasteiger partial charge in [-0.1, -0.05) is 5.16 Å². The molecule has 80 valence electrons. The minimum absolute atomic E-state index is 0.734. The smallest absolute Gasteiger partial charge is 0.150 e. The lowest BCUT2D eigenvalue weighted by atomic mass is 10.3. The molecule has 2 heterocycles. The van der Waals surface area contributed by atoms with Crippen LogP contribution in [0.5, 0.6) is 0 Å². The summed E-state index contributed by atoms with van der Waals surface area (Å²) >= 11 is 1.71. The molecule has 2 aromatic heterocycles. The van der Waals surface area contributed by atoms with E-state index in [4.69, 9.17) is 4.52 Å². The zero-order valence-corrected chi connectivity index (χ0v) is 9.38. The van der Waals surface area contributed by atoms with E-state index in [2.05, 4.69) is 15.5 Å². The number of nitrogens with zero attached hydrogens (tertiary/aromatic N) is 2. The summed E-state index contributed by atoms with van der Waals surface area (Å²) < 4.78 is 4.97. The van der Waals surface area contributed by atoms with Crippen molar-refractivity contribution >= 4 is 11.3 Å². The quantitative estimate of drug-likeness (QED) is 0.785. The molecule has 0 aliphatic carbocycles. The van der Waals surface area contributed by atoms with Crippen LogP contribution < -0.4 is 5.32 Å². The van der Waals surface area contributed by atoms with E-state index in [1.165, 1.54) is 4.88 Å². The second-order valence-corrected chi connectivity index (χ2v) is 4.21. The van der Waals surface area contributed by atoms with E-state index in [9.17, 15) is 0 Å². The van der Waals surface area contributed by atoms with Gasteiger partial charge >= 0.3 is 0 Å². The Bertz CT molecular complexity index is 396. The van der Waals surface area contributed by atoms with Crippen molar-refractivity contribution in [1.29, 1.82) is 0 Å². The highest BCUT2D eigenvalue weighted by Gasteiger charge is 2.01. The topological polar surface area (TPSA) is 51.0 Å². The fourth-order valence-corrected chi connectivity index (χ4v) is 2.09. The van der Waals surface area contributed by atoms with Crippen LogP contribution in [0.15, 0.2) is 22.3 Å². The van der Waals surface area contributed by atoms with E-state index < -0.39 is 0 Å². The van der Waals surface area contributed by atoms with Crippen molar-refractivity contribution in [3.63, 3.8) is 0 Å². The molecule has 0 aliphatic heterocycles. The van der Waals surface area contributed by atoms with Gasteiger partial charge in [0.25, 0.3) is 0 Å². The van der Waals surface area contributed by atoms with Crippen LogP contribution in [-0.4, -0.2) is 16.7 Å². The Morgan fingerprint density at radius 2 is 2.47 bits per heavy atom. The molecule has 0 amide bonds. The number of aromatic nitrogens is 2. The molecule has 4 nitrogen and oxygen atoms in total. The van der Waals surface area contributed by atoms with Crippen molar-refractivity contribution in [2.45, 2.75) is 19.9 Å².